The molecule has 114 valence electrons. The zero-order chi connectivity index (χ0) is 15.9. The van der Waals surface area contributed by atoms with Crippen LogP contribution in [0.5, 0.6) is 0 Å². The third kappa shape index (κ3) is 2.67. The number of hydrogen-bond donors (Lipinski definition) is 0. The molecule has 22 heavy (non-hydrogen) atoms. The van der Waals surface area contributed by atoms with Gasteiger partial charge in [0.15, 0.2) is 11.3 Å². The van der Waals surface area contributed by atoms with Crippen molar-refractivity contribution in [1.29, 1.82) is 5.26 Å². The van der Waals surface area contributed by atoms with Crippen LogP contribution in [0.2, 0.25) is 0 Å². The molecule has 0 spiro atoms. The molecule has 0 bridgehead atoms. The molecular weight excluding hydrogens is 326 g/mol. The highest BCUT2D eigenvalue weighted by Gasteiger charge is 2.33. The number of nitrogens with zero attached hydrogens (tertiary/aromatic N) is 3. The van der Waals surface area contributed by atoms with E-state index in [1.165, 1.54) is 18.7 Å². The summed E-state index contributed by atoms with van der Waals surface area (Å²) in [6, 6.07) is 6.78. The first-order valence-corrected chi connectivity index (χ1v) is 8.85. The molecule has 2 aliphatic heterocycles. The molecule has 1 aromatic carbocycles. The van der Waals surface area contributed by atoms with E-state index in [9.17, 15) is 13.2 Å². The summed E-state index contributed by atoms with van der Waals surface area (Å²) >= 11 is 1.20. The van der Waals surface area contributed by atoms with Crippen molar-refractivity contribution in [2.75, 3.05) is 17.2 Å². The van der Waals surface area contributed by atoms with Crippen molar-refractivity contribution in [3.63, 3.8) is 0 Å². The summed E-state index contributed by atoms with van der Waals surface area (Å²) in [7, 11) is -3.40. The lowest BCUT2D eigenvalue weighted by molar-refractivity contribution is 0.0435. The number of sulfonamides is 1. The first-order chi connectivity index (χ1) is 10.4. The Morgan fingerprint density at radius 1 is 1.55 bits per heavy atom. The van der Waals surface area contributed by atoms with E-state index in [0.29, 0.717) is 17.3 Å². The van der Waals surface area contributed by atoms with Crippen LogP contribution in [0.3, 0.4) is 0 Å². The first-order valence-electron chi connectivity index (χ1n) is 6.42. The minimum Gasteiger partial charge on any atom is -0.444 e. The van der Waals surface area contributed by atoms with E-state index in [0.717, 1.165) is 10.6 Å². The molecule has 9 heteroatoms. The van der Waals surface area contributed by atoms with Crippen LogP contribution < -0.4 is 4.90 Å². The molecule has 0 saturated carbocycles. The first kappa shape index (κ1) is 14.9. The number of ether oxygens (including phenoxy) is 1. The van der Waals surface area contributed by atoms with Crippen LogP contribution in [0.1, 0.15) is 17.3 Å². The van der Waals surface area contributed by atoms with Gasteiger partial charge in [0.2, 0.25) is 0 Å². The van der Waals surface area contributed by atoms with Crippen LogP contribution in [0.25, 0.3) is 0 Å². The highest BCUT2D eigenvalue weighted by Crippen LogP contribution is 2.42. The van der Waals surface area contributed by atoms with Gasteiger partial charge in [-0.3, -0.25) is 0 Å². The third-order valence-electron chi connectivity index (χ3n) is 3.17. The smallest absolute Gasteiger partial charge is 0.339 e. The fraction of sp³-hybridized carbons (Fsp3) is 0.308. The van der Waals surface area contributed by atoms with Gasteiger partial charge in [-0.15, -0.1) is 4.40 Å². The van der Waals surface area contributed by atoms with Crippen molar-refractivity contribution in [3.8, 4) is 6.07 Å². The van der Waals surface area contributed by atoms with Crippen LogP contribution in [0.4, 0.5) is 5.69 Å². The molecule has 0 amide bonds. The van der Waals surface area contributed by atoms with E-state index >= 15 is 0 Å². The summed E-state index contributed by atoms with van der Waals surface area (Å²) in [4.78, 5) is 14.5. The summed E-state index contributed by atoms with van der Waals surface area (Å²) in [6.07, 6.45) is -0.825. The van der Waals surface area contributed by atoms with Gasteiger partial charge in [0.05, 0.1) is 17.0 Å². The summed E-state index contributed by atoms with van der Waals surface area (Å²) in [5.74, 6) is -0.614. The number of carbonyl (C=O) groups is 1. The molecule has 0 fully saturated rings. The molecule has 1 atom stereocenters. The van der Waals surface area contributed by atoms with Gasteiger partial charge in [-0.05, 0) is 36.9 Å². The average Bonchev–Trinajstić information content (AvgIpc) is 2.81. The predicted molar refractivity (Wildman–Crippen MR) is 81.4 cm³/mol. The van der Waals surface area contributed by atoms with Gasteiger partial charge in [-0.2, -0.15) is 5.26 Å². The lowest BCUT2D eigenvalue weighted by Crippen LogP contribution is -2.35. The summed E-state index contributed by atoms with van der Waals surface area (Å²) in [5, 5.41) is 9.06. The van der Waals surface area contributed by atoms with Gasteiger partial charge in [0, 0.05) is 11.4 Å². The van der Waals surface area contributed by atoms with Crippen LogP contribution in [0, 0.1) is 11.3 Å². The lowest BCUT2D eigenvalue weighted by Gasteiger charge is -2.22. The van der Waals surface area contributed by atoms with Crippen molar-refractivity contribution in [3.05, 3.63) is 23.8 Å². The van der Waals surface area contributed by atoms with Crippen LogP contribution in [0.15, 0.2) is 27.5 Å². The number of carbonyl (C=O) groups excluding carboxylic acids is 1. The van der Waals surface area contributed by atoms with Crippen molar-refractivity contribution >= 4 is 38.6 Å². The zero-order valence-electron chi connectivity index (χ0n) is 11.5. The molecule has 0 unspecified atom stereocenters. The molecule has 3 rings (SSSR count). The minimum absolute atomic E-state index is 0.0278. The van der Waals surface area contributed by atoms with Crippen molar-refractivity contribution in [1.82, 2.24) is 0 Å². The molecular formula is C13H11N3O4S2. The number of anilines is 1. The maximum Gasteiger partial charge on any atom is 0.339 e. The van der Waals surface area contributed by atoms with E-state index in [2.05, 4.69) is 4.40 Å². The van der Waals surface area contributed by atoms with Gasteiger partial charge < -0.3 is 9.64 Å². The Bertz CT molecular complexity index is 826. The highest BCUT2D eigenvalue weighted by atomic mass is 32.2. The monoisotopic (exact) mass is 337 g/mol. The number of nitriles is 1. The number of hydrogen-bond acceptors (Lipinski definition) is 7. The zero-order valence-corrected chi connectivity index (χ0v) is 13.1. The van der Waals surface area contributed by atoms with Gasteiger partial charge in [0.25, 0.3) is 10.0 Å². The lowest BCUT2D eigenvalue weighted by atomic mass is 10.2. The van der Waals surface area contributed by atoms with Gasteiger partial charge >= 0.3 is 5.97 Å². The van der Waals surface area contributed by atoms with Crippen molar-refractivity contribution in [2.45, 2.75) is 17.9 Å². The quantitative estimate of drug-likeness (QED) is 0.751. The van der Waals surface area contributed by atoms with Crippen LogP contribution in [-0.4, -0.2) is 38.0 Å². The second-order valence-electron chi connectivity index (χ2n) is 4.77. The maximum atomic E-state index is 11.9. The Morgan fingerprint density at radius 3 is 3.05 bits per heavy atom. The number of rotatable bonds is 2. The van der Waals surface area contributed by atoms with Gasteiger partial charge in [-0.1, -0.05) is 0 Å². The molecule has 0 N–H and O–H groups in total. The Labute approximate surface area is 131 Å². The maximum absolute atomic E-state index is 11.9. The second kappa shape index (κ2) is 5.30. The number of fused-ring (bicyclic) bond motifs is 3. The van der Waals surface area contributed by atoms with Crippen LogP contribution >= 0.6 is 11.8 Å². The topological polar surface area (TPSA) is 99.8 Å². The standard InChI is InChI=1S/C13H11N3O4S2/c1-8(7-14)20-12(17)9-2-3-10-11(6-9)21-13-15-22(18,19)5-4-16(10)13/h2-3,6,8H,4-5H2,1H3/t8-/m1/s1. The van der Waals surface area contributed by atoms with E-state index < -0.39 is 22.1 Å². The summed E-state index contributed by atoms with van der Waals surface area (Å²) in [6.45, 7) is 1.83. The van der Waals surface area contributed by atoms with E-state index in [-0.39, 0.29) is 5.75 Å². The Morgan fingerprint density at radius 2 is 2.32 bits per heavy atom. The normalized spacial score (nSPS) is 19.5. The summed E-state index contributed by atoms with van der Waals surface area (Å²) in [5.41, 5.74) is 1.14. The molecule has 0 saturated heterocycles. The molecule has 7 nitrogen and oxygen atoms in total. The average molecular weight is 337 g/mol. The SMILES string of the molecule is C[C@H](C#N)OC(=O)c1ccc2c(c1)SC1=NS(=O)(=O)CCN12. The van der Waals surface area contributed by atoms with Gasteiger partial charge in [-0.25, -0.2) is 13.2 Å². The molecule has 0 radical (unpaired) electrons. The number of amidine groups is 1. The fourth-order valence-corrected chi connectivity index (χ4v) is 4.41. The number of thioether (sulfide) groups is 1. The predicted octanol–water partition coefficient (Wildman–Crippen LogP) is 1.37. The molecule has 0 aliphatic carbocycles. The second-order valence-corrected chi connectivity index (χ2v) is 7.54. The van der Waals surface area contributed by atoms with E-state index in [1.54, 1.807) is 18.2 Å². The number of esters is 1. The molecule has 0 aromatic heterocycles. The molecule has 2 aliphatic rings. The van der Waals surface area contributed by atoms with Crippen molar-refractivity contribution in [2.24, 2.45) is 4.40 Å². The molecule has 1 aromatic rings. The third-order valence-corrected chi connectivity index (χ3v) is 5.48. The van der Waals surface area contributed by atoms with Gasteiger partial charge in [0.1, 0.15) is 6.07 Å². The van der Waals surface area contributed by atoms with E-state index in [1.807, 2.05) is 11.0 Å². The Balaban J connectivity index is 1.90. The summed E-state index contributed by atoms with van der Waals surface area (Å²) < 4.78 is 31.8. The van der Waals surface area contributed by atoms with Crippen LogP contribution in [-0.2, 0) is 14.8 Å². The van der Waals surface area contributed by atoms with Crippen molar-refractivity contribution < 1.29 is 17.9 Å². The highest BCUT2D eigenvalue weighted by molar-refractivity contribution is 8.15. The fourth-order valence-electron chi connectivity index (χ4n) is 2.11. The molecule has 2 heterocycles. The van der Waals surface area contributed by atoms with E-state index in [4.69, 9.17) is 10.00 Å². The minimum atomic E-state index is -3.40. The number of benzene rings is 1. The largest absolute Gasteiger partial charge is 0.444 e. The Hall–Kier alpha value is -2.05. The Kier molecular flexibility index (Phi) is 3.58.